The Morgan fingerprint density at radius 2 is 1.83 bits per heavy atom. The first-order valence-electron chi connectivity index (χ1n) is 9.00. The van der Waals surface area contributed by atoms with E-state index >= 15 is 0 Å². The van der Waals surface area contributed by atoms with E-state index in [0.29, 0.717) is 19.4 Å². The predicted octanol–water partition coefficient (Wildman–Crippen LogP) is 2.01. The fraction of sp³-hybridized carbons (Fsp3) is 0.824. The van der Waals surface area contributed by atoms with Crippen molar-refractivity contribution in [2.24, 2.45) is 5.92 Å². The van der Waals surface area contributed by atoms with Crippen LogP contribution in [0.25, 0.3) is 0 Å². The second-order valence-electron chi connectivity index (χ2n) is 6.61. The molecule has 1 fully saturated rings. The Labute approximate surface area is 144 Å². The number of carbonyl (C=O) groups is 3. The molecule has 3 amide bonds. The van der Waals surface area contributed by atoms with Crippen molar-refractivity contribution in [3.8, 4) is 0 Å². The van der Waals surface area contributed by atoms with Gasteiger partial charge in [-0.05, 0) is 25.2 Å². The molecule has 0 heterocycles. The molecule has 138 valence electrons. The number of hydrogen-bond acceptors (Lipinski definition) is 3. The molecule has 2 unspecified atom stereocenters. The highest BCUT2D eigenvalue weighted by atomic mass is 16.4. The normalized spacial score (nSPS) is 17.6. The molecule has 0 aromatic rings. The summed E-state index contributed by atoms with van der Waals surface area (Å²) >= 11 is 0. The zero-order valence-corrected chi connectivity index (χ0v) is 14.8. The van der Waals surface area contributed by atoms with Crippen LogP contribution in [0.4, 0.5) is 4.79 Å². The maximum Gasteiger partial charge on any atom is 0.326 e. The molecule has 0 radical (unpaired) electrons. The van der Waals surface area contributed by atoms with Gasteiger partial charge in [0, 0.05) is 19.0 Å². The first-order chi connectivity index (χ1) is 11.4. The minimum absolute atomic E-state index is 0.120. The van der Waals surface area contributed by atoms with E-state index in [1.165, 1.54) is 6.42 Å². The number of carboxylic acid groups (broad SMARTS) is 1. The molecule has 1 aliphatic rings. The highest BCUT2D eigenvalue weighted by molar-refractivity contribution is 5.83. The Morgan fingerprint density at radius 3 is 2.42 bits per heavy atom. The zero-order chi connectivity index (χ0) is 17.9. The van der Waals surface area contributed by atoms with Crippen LogP contribution in [0.3, 0.4) is 0 Å². The second kappa shape index (κ2) is 10.9. The molecule has 24 heavy (non-hydrogen) atoms. The summed E-state index contributed by atoms with van der Waals surface area (Å²) < 4.78 is 0. The molecule has 0 saturated heterocycles. The monoisotopic (exact) mass is 341 g/mol. The van der Waals surface area contributed by atoms with E-state index < -0.39 is 12.0 Å². The Morgan fingerprint density at radius 1 is 1.17 bits per heavy atom. The standard InChI is InChI=1S/C17H31N3O4/c1-3-12(2)15(16(22)23)20-14(21)10-7-11-18-17(24)19-13-8-5-4-6-9-13/h12-13,15H,3-11H2,1-2H3,(H,20,21)(H,22,23)(H2,18,19,24). The molecule has 7 heteroatoms. The molecule has 0 spiro atoms. The van der Waals surface area contributed by atoms with E-state index in [2.05, 4.69) is 16.0 Å². The second-order valence-corrected chi connectivity index (χ2v) is 6.61. The van der Waals surface area contributed by atoms with E-state index in [0.717, 1.165) is 25.7 Å². The van der Waals surface area contributed by atoms with Gasteiger partial charge < -0.3 is 21.1 Å². The van der Waals surface area contributed by atoms with Crippen LogP contribution in [0.1, 0.15) is 65.2 Å². The number of carboxylic acids is 1. The first kappa shape index (κ1) is 20.3. The summed E-state index contributed by atoms with van der Waals surface area (Å²) in [6, 6.07) is -0.788. The van der Waals surface area contributed by atoms with E-state index in [1.807, 2.05) is 6.92 Å². The van der Waals surface area contributed by atoms with Gasteiger partial charge in [-0.2, -0.15) is 0 Å². The summed E-state index contributed by atoms with van der Waals surface area (Å²) in [5.74, 6) is -1.43. The first-order valence-corrected chi connectivity index (χ1v) is 9.00. The van der Waals surface area contributed by atoms with Crippen LogP contribution in [-0.4, -0.2) is 41.6 Å². The summed E-state index contributed by atoms with van der Waals surface area (Å²) in [4.78, 5) is 34.8. The number of carbonyl (C=O) groups excluding carboxylic acids is 2. The summed E-state index contributed by atoms with van der Waals surface area (Å²) in [6.07, 6.45) is 6.98. The zero-order valence-electron chi connectivity index (χ0n) is 14.8. The van der Waals surface area contributed by atoms with E-state index in [4.69, 9.17) is 5.11 Å². The van der Waals surface area contributed by atoms with Gasteiger partial charge in [0.1, 0.15) is 6.04 Å². The predicted molar refractivity (Wildman–Crippen MR) is 91.7 cm³/mol. The van der Waals surface area contributed by atoms with Crippen LogP contribution in [-0.2, 0) is 9.59 Å². The molecule has 0 bridgehead atoms. The number of hydrogen-bond donors (Lipinski definition) is 4. The van der Waals surface area contributed by atoms with E-state index in [-0.39, 0.29) is 30.3 Å². The summed E-state index contributed by atoms with van der Waals surface area (Å²) in [6.45, 7) is 4.09. The fourth-order valence-electron chi connectivity index (χ4n) is 2.86. The Balaban J connectivity index is 2.17. The summed E-state index contributed by atoms with van der Waals surface area (Å²) in [5, 5.41) is 17.4. The van der Waals surface area contributed by atoms with Crippen LogP contribution >= 0.6 is 0 Å². The molecule has 1 aliphatic carbocycles. The average molecular weight is 341 g/mol. The largest absolute Gasteiger partial charge is 0.480 e. The van der Waals surface area contributed by atoms with Gasteiger partial charge in [0.2, 0.25) is 5.91 Å². The molecular weight excluding hydrogens is 310 g/mol. The van der Waals surface area contributed by atoms with E-state index in [9.17, 15) is 14.4 Å². The Kier molecular flexibility index (Phi) is 9.19. The van der Waals surface area contributed by atoms with Crippen LogP contribution < -0.4 is 16.0 Å². The van der Waals surface area contributed by atoms with Gasteiger partial charge in [-0.1, -0.05) is 39.5 Å². The van der Waals surface area contributed by atoms with E-state index in [1.54, 1.807) is 6.92 Å². The van der Waals surface area contributed by atoms with Crippen molar-refractivity contribution in [3.63, 3.8) is 0 Å². The smallest absolute Gasteiger partial charge is 0.326 e. The molecule has 0 aliphatic heterocycles. The summed E-state index contributed by atoms with van der Waals surface area (Å²) in [7, 11) is 0. The maximum atomic E-state index is 11.8. The molecule has 2 atom stereocenters. The van der Waals surface area contributed by atoms with Gasteiger partial charge in [0.05, 0.1) is 0 Å². The Bertz CT molecular complexity index is 422. The van der Waals surface area contributed by atoms with Crippen molar-refractivity contribution in [2.45, 2.75) is 77.3 Å². The molecule has 0 aromatic heterocycles. The van der Waals surface area contributed by atoms with Gasteiger partial charge in [0.25, 0.3) is 0 Å². The van der Waals surface area contributed by atoms with Crippen molar-refractivity contribution in [1.29, 1.82) is 0 Å². The van der Waals surface area contributed by atoms with Gasteiger partial charge in [-0.15, -0.1) is 0 Å². The number of rotatable bonds is 9. The van der Waals surface area contributed by atoms with Crippen LogP contribution in [0, 0.1) is 5.92 Å². The molecule has 1 saturated carbocycles. The molecule has 0 aromatic carbocycles. The lowest BCUT2D eigenvalue weighted by Crippen LogP contribution is -2.45. The lowest BCUT2D eigenvalue weighted by Gasteiger charge is -2.23. The third-order valence-corrected chi connectivity index (χ3v) is 4.60. The van der Waals surface area contributed by atoms with Crippen molar-refractivity contribution < 1.29 is 19.5 Å². The molecule has 7 nitrogen and oxygen atoms in total. The van der Waals surface area contributed by atoms with Crippen LogP contribution in [0.2, 0.25) is 0 Å². The minimum atomic E-state index is -1.01. The SMILES string of the molecule is CCC(C)C(NC(=O)CCCNC(=O)NC1CCCCC1)C(=O)O. The highest BCUT2D eigenvalue weighted by Crippen LogP contribution is 2.17. The minimum Gasteiger partial charge on any atom is -0.480 e. The van der Waals surface area contributed by atoms with Crippen molar-refractivity contribution in [1.82, 2.24) is 16.0 Å². The lowest BCUT2D eigenvalue weighted by atomic mass is 9.96. The van der Waals surface area contributed by atoms with Crippen molar-refractivity contribution >= 4 is 17.9 Å². The van der Waals surface area contributed by atoms with Gasteiger partial charge in [-0.3, -0.25) is 4.79 Å². The Hall–Kier alpha value is -1.79. The third-order valence-electron chi connectivity index (χ3n) is 4.60. The van der Waals surface area contributed by atoms with Gasteiger partial charge >= 0.3 is 12.0 Å². The quantitative estimate of drug-likeness (QED) is 0.481. The highest BCUT2D eigenvalue weighted by Gasteiger charge is 2.24. The average Bonchev–Trinajstić information content (AvgIpc) is 2.56. The third kappa shape index (κ3) is 7.66. The van der Waals surface area contributed by atoms with Crippen LogP contribution in [0.15, 0.2) is 0 Å². The van der Waals surface area contributed by atoms with Crippen LogP contribution in [0.5, 0.6) is 0 Å². The number of amides is 3. The summed E-state index contributed by atoms with van der Waals surface area (Å²) in [5.41, 5.74) is 0. The van der Waals surface area contributed by atoms with Crippen molar-refractivity contribution in [3.05, 3.63) is 0 Å². The fourth-order valence-corrected chi connectivity index (χ4v) is 2.86. The van der Waals surface area contributed by atoms with Gasteiger partial charge in [-0.25, -0.2) is 9.59 Å². The number of urea groups is 1. The number of nitrogens with one attached hydrogen (secondary N) is 3. The molecule has 4 N–H and O–H groups in total. The maximum absolute atomic E-state index is 11.8. The number of aliphatic carboxylic acids is 1. The van der Waals surface area contributed by atoms with Gasteiger partial charge in [0.15, 0.2) is 0 Å². The topological polar surface area (TPSA) is 108 Å². The molecule has 1 rings (SSSR count). The molecular formula is C17H31N3O4. The lowest BCUT2D eigenvalue weighted by molar-refractivity contribution is -0.143. The van der Waals surface area contributed by atoms with Crippen molar-refractivity contribution in [2.75, 3.05) is 6.54 Å².